The Bertz CT molecular complexity index is 1010. The first-order valence-electron chi connectivity index (χ1n) is 7.66. The molecule has 4 rings (SSSR count). The summed E-state index contributed by atoms with van der Waals surface area (Å²) in [7, 11) is 0. The lowest BCUT2D eigenvalue weighted by atomic mass is 10.0. The summed E-state index contributed by atoms with van der Waals surface area (Å²) in [6.45, 7) is 0. The number of alkyl halides is 3. The molecule has 1 nitrogen and oxygen atoms in total. The van der Waals surface area contributed by atoms with Gasteiger partial charge in [-0.15, -0.1) is 0 Å². The first-order chi connectivity index (χ1) is 11.5. The van der Waals surface area contributed by atoms with Crippen molar-refractivity contribution < 1.29 is 13.2 Å². The highest BCUT2D eigenvalue weighted by atomic mass is 19.4. The molecule has 0 saturated heterocycles. The van der Waals surface area contributed by atoms with Gasteiger partial charge in [0.05, 0.1) is 5.56 Å². The fourth-order valence-electron chi connectivity index (χ4n) is 3.05. The third-order valence-corrected chi connectivity index (χ3v) is 4.26. The second kappa shape index (κ2) is 5.41. The zero-order chi connectivity index (χ0) is 16.7. The van der Waals surface area contributed by atoms with E-state index in [4.69, 9.17) is 0 Å². The standard InChI is InChI=1S/C20H14F3N/c21-20(22,23)15-8-5-13(6-9-15)11-14-7-10-19-17(12-14)16-3-1-2-4-18(16)24-19/h1-10,12,24H,11H2. The van der Waals surface area contributed by atoms with Gasteiger partial charge in [0.1, 0.15) is 0 Å². The van der Waals surface area contributed by atoms with Gasteiger partial charge in [-0.05, 0) is 47.9 Å². The predicted molar refractivity (Wildman–Crippen MR) is 90.1 cm³/mol. The monoisotopic (exact) mass is 325 g/mol. The molecular formula is C20H14F3N. The number of para-hydroxylation sites is 1. The molecule has 1 aromatic heterocycles. The van der Waals surface area contributed by atoms with Crippen LogP contribution in [0.15, 0.2) is 66.7 Å². The first kappa shape index (κ1) is 14.8. The number of H-pyrrole nitrogens is 1. The summed E-state index contributed by atoms with van der Waals surface area (Å²) in [5, 5.41) is 2.29. The molecule has 4 heteroatoms. The normalized spacial score (nSPS) is 12.1. The zero-order valence-electron chi connectivity index (χ0n) is 12.7. The van der Waals surface area contributed by atoms with E-state index in [0.717, 1.165) is 45.1 Å². The summed E-state index contributed by atoms with van der Waals surface area (Å²) >= 11 is 0. The maximum atomic E-state index is 12.6. The minimum atomic E-state index is -4.29. The predicted octanol–water partition coefficient (Wildman–Crippen LogP) is 5.93. The quantitative estimate of drug-likeness (QED) is 0.470. The van der Waals surface area contributed by atoms with Gasteiger partial charge in [-0.25, -0.2) is 0 Å². The molecule has 0 bridgehead atoms. The highest BCUT2D eigenvalue weighted by Crippen LogP contribution is 2.30. The third kappa shape index (κ3) is 2.64. The van der Waals surface area contributed by atoms with E-state index in [2.05, 4.69) is 17.1 Å². The van der Waals surface area contributed by atoms with Crippen molar-refractivity contribution in [3.63, 3.8) is 0 Å². The van der Waals surface area contributed by atoms with E-state index in [0.29, 0.717) is 6.42 Å². The Morgan fingerprint density at radius 1 is 0.708 bits per heavy atom. The van der Waals surface area contributed by atoms with Crippen LogP contribution in [-0.2, 0) is 12.6 Å². The number of fused-ring (bicyclic) bond motifs is 3. The van der Waals surface area contributed by atoms with Gasteiger partial charge in [0.15, 0.2) is 0 Å². The Morgan fingerprint density at radius 2 is 1.38 bits per heavy atom. The largest absolute Gasteiger partial charge is 0.416 e. The number of rotatable bonds is 2. The molecule has 3 aromatic carbocycles. The Kier molecular flexibility index (Phi) is 3.34. The number of halogens is 3. The molecule has 0 amide bonds. The van der Waals surface area contributed by atoms with E-state index in [-0.39, 0.29) is 0 Å². The summed E-state index contributed by atoms with van der Waals surface area (Å²) < 4.78 is 37.9. The van der Waals surface area contributed by atoms with Crippen LogP contribution in [0, 0.1) is 0 Å². The zero-order valence-corrected chi connectivity index (χ0v) is 12.7. The van der Waals surface area contributed by atoms with Gasteiger partial charge in [0.25, 0.3) is 0 Å². The lowest BCUT2D eigenvalue weighted by molar-refractivity contribution is -0.137. The molecule has 0 unspecified atom stereocenters. The summed E-state index contributed by atoms with van der Waals surface area (Å²) in [6.07, 6.45) is -3.69. The molecule has 0 atom stereocenters. The van der Waals surface area contributed by atoms with Crippen molar-refractivity contribution >= 4 is 21.8 Å². The van der Waals surface area contributed by atoms with Gasteiger partial charge in [-0.2, -0.15) is 13.2 Å². The van der Waals surface area contributed by atoms with Crippen molar-refractivity contribution in [1.29, 1.82) is 0 Å². The summed E-state index contributed by atoms with van der Waals surface area (Å²) in [5.41, 5.74) is 3.47. The SMILES string of the molecule is FC(F)(F)c1ccc(Cc2ccc3[nH]c4ccccc4c3c2)cc1. The Hall–Kier alpha value is -2.75. The van der Waals surface area contributed by atoms with E-state index in [1.54, 1.807) is 12.1 Å². The van der Waals surface area contributed by atoms with Crippen LogP contribution >= 0.6 is 0 Å². The van der Waals surface area contributed by atoms with Gasteiger partial charge in [0.2, 0.25) is 0 Å². The summed E-state index contributed by atoms with van der Waals surface area (Å²) in [4.78, 5) is 3.37. The van der Waals surface area contributed by atoms with Crippen molar-refractivity contribution in [2.75, 3.05) is 0 Å². The molecule has 0 aliphatic carbocycles. The van der Waals surface area contributed by atoms with Crippen molar-refractivity contribution in [3.05, 3.63) is 83.4 Å². The Labute approximate surface area is 136 Å². The minimum Gasteiger partial charge on any atom is -0.355 e. The van der Waals surface area contributed by atoms with Gasteiger partial charge in [-0.3, -0.25) is 0 Å². The molecule has 0 aliphatic rings. The fraction of sp³-hybridized carbons (Fsp3) is 0.100. The van der Waals surface area contributed by atoms with Crippen molar-refractivity contribution in [3.8, 4) is 0 Å². The van der Waals surface area contributed by atoms with Gasteiger partial charge >= 0.3 is 6.18 Å². The number of benzene rings is 3. The molecule has 0 aliphatic heterocycles. The smallest absolute Gasteiger partial charge is 0.355 e. The highest BCUT2D eigenvalue weighted by molar-refractivity contribution is 6.07. The third-order valence-electron chi connectivity index (χ3n) is 4.26. The fourth-order valence-corrected chi connectivity index (χ4v) is 3.05. The molecule has 0 fully saturated rings. The minimum absolute atomic E-state index is 0.605. The van der Waals surface area contributed by atoms with Crippen LogP contribution in [0.2, 0.25) is 0 Å². The molecule has 0 radical (unpaired) electrons. The van der Waals surface area contributed by atoms with Crippen LogP contribution in [0.1, 0.15) is 16.7 Å². The highest BCUT2D eigenvalue weighted by Gasteiger charge is 2.29. The maximum absolute atomic E-state index is 12.6. The number of aromatic amines is 1. The van der Waals surface area contributed by atoms with Gasteiger partial charge < -0.3 is 4.98 Å². The molecular weight excluding hydrogens is 311 g/mol. The first-order valence-corrected chi connectivity index (χ1v) is 7.66. The molecule has 0 saturated carbocycles. The number of nitrogens with one attached hydrogen (secondary N) is 1. The van der Waals surface area contributed by atoms with Crippen molar-refractivity contribution in [1.82, 2.24) is 4.98 Å². The second-order valence-electron chi connectivity index (χ2n) is 5.92. The van der Waals surface area contributed by atoms with Crippen LogP contribution in [0.4, 0.5) is 13.2 Å². The molecule has 24 heavy (non-hydrogen) atoms. The van der Waals surface area contributed by atoms with Crippen molar-refractivity contribution in [2.45, 2.75) is 12.6 Å². The van der Waals surface area contributed by atoms with E-state index < -0.39 is 11.7 Å². The number of aromatic nitrogens is 1. The molecule has 120 valence electrons. The second-order valence-corrected chi connectivity index (χ2v) is 5.92. The summed E-state index contributed by atoms with van der Waals surface area (Å²) in [6, 6.07) is 19.6. The average Bonchev–Trinajstić information content (AvgIpc) is 2.93. The molecule has 0 spiro atoms. The lowest BCUT2D eigenvalue weighted by Crippen LogP contribution is -2.04. The van der Waals surface area contributed by atoms with Crippen LogP contribution in [0.5, 0.6) is 0 Å². The number of hydrogen-bond donors (Lipinski definition) is 1. The Balaban J connectivity index is 1.68. The van der Waals surface area contributed by atoms with Crippen molar-refractivity contribution in [2.24, 2.45) is 0 Å². The van der Waals surface area contributed by atoms with E-state index in [1.807, 2.05) is 30.3 Å². The van der Waals surface area contributed by atoms with Crippen LogP contribution in [0.3, 0.4) is 0 Å². The lowest BCUT2D eigenvalue weighted by Gasteiger charge is -2.08. The van der Waals surface area contributed by atoms with Crippen LogP contribution in [0.25, 0.3) is 21.8 Å². The summed E-state index contributed by atoms with van der Waals surface area (Å²) in [5.74, 6) is 0. The topological polar surface area (TPSA) is 15.8 Å². The molecule has 1 N–H and O–H groups in total. The molecule has 1 heterocycles. The van der Waals surface area contributed by atoms with Gasteiger partial charge in [-0.1, -0.05) is 36.4 Å². The van der Waals surface area contributed by atoms with E-state index in [1.165, 1.54) is 0 Å². The van der Waals surface area contributed by atoms with Gasteiger partial charge in [0, 0.05) is 21.8 Å². The Morgan fingerprint density at radius 3 is 2.12 bits per heavy atom. The van der Waals surface area contributed by atoms with E-state index >= 15 is 0 Å². The van der Waals surface area contributed by atoms with Crippen LogP contribution in [-0.4, -0.2) is 4.98 Å². The van der Waals surface area contributed by atoms with E-state index in [9.17, 15) is 13.2 Å². The average molecular weight is 325 g/mol. The number of hydrogen-bond acceptors (Lipinski definition) is 0. The maximum Gasteiger partial charge on any atom is 0.416 e. The van der Waals surface area contributed by atoms with Crippen LogP contribution < -0.4 is 0 Å². The molecule has 4 aromatic rings.